The van der Waals surface area contributed by atoms with Gasteiger partial charge in [-0.3, -0.25) is 4.79 Å². The second-order valence-electron chi connectivity index (χ2n) is 5.30. The highest BCUT2D eigenvalue weighted by molar-refractivity contribution is 5.50. The molecule has 1 saturated heterocycles. The van der Waals surface area contributed by atoms with Crippen molar-refractivity contribution in [3.63, 3.8) is 0 Å². The van der Waals surface area contributed by atoms with Gasteiger partial charge in [-0.1, -0.05) is 0 Å². The van der Waals surface area contributed by atoms with E-state index in [0.29, 0.717) is 6.61 Å². The van der Waals surface area contributed by atoms with Gasteiger partial charge in [-0.15, -0.1) is 0 Å². The van der Waals surface area contributed by atoms with Crippen LogP contribution in [-0.4, -0.2) is 35.6 Å². The van der Waals surface area contributed by atoms with Crippen molar-refractivity contribution >= 4 is 6.41 Å². The monoisotopic (exact) mass is 199 g/mol. The number of carbonyl (C=O) groups excluding carboxylic acids is 1. The van der Waals surface area contributed by atoms with Crippen LogP contribution in [-0.2, 0) is 9.53 Å². The van der Waals surface area contributed by atoms with Gasteiger partial charge in [-0.05, 0) is 40.5 Å². The highest BCUT2D eigenvalue weighted by Crippen LogP contribution is 2.30. The molecule has 1 aliphatic heterocycles. The first-order chi connectivity index (χ1) is 6.40. The summed E-state index contributed by atoms with van der Waals surface area (Å²) in [5, 5.41) is 0. The first-order valence-corrected chi connectivity index (χ1v) is 5.23. The number of amides is 1. The summed E-state index contributed by atoms with van der Waals surface area (Å²) in [7, 11) is 0. The van der Waals surface area contributed by atoms with Crippen molar-refractivity contribution in [3.05, 3.63) is 0 Å². The van der Waals surface area contributed by atoms with E-state index >= 15 is 0 Å². The normalized spacial score (nSPS) is 28.6. The minimum Gasteiger partial charge on any atom is -0.379 e. The van der Waals surface area contributed by atoms with Crippen LogP contribution >= 0.6 is 0 Å². The molecule has 0 bridgehead atoms. The van der Waals surface area contributed by atoms with Crippen molar-refractivity contribution in [3.8, 4) is 0 Å². The molecule has 0 aromatic heterocycles. The highest BCUT2D eigenvalue weighted by Gasteiger charge is 2.39. The minimum atomic E-state index is -0.128. The molecule has 0 saturated carbocycles. The maximum atomic E-state index is 11.1. The van der Waals surface area contributed by atoms with Gasteiger partial charge in [0.25, 0.3) is 0 Å². The molecule has 1 amide bonds. The lowest BCUT2D eigenvalue weighted by molar-refractivity contribution is -0.138. The van der Waals surface area contributed by atoms with E-state index < -0.39 is 0 Å². The molecule has 1 fully saturated rings. The van der Waals surface area contributed by atoms with E-state index in [0.717, 1.165) is 25.9 Å². The van der Waals surface area contributed by atoms with Crippen LogP contribution < -0.4 is 0 Å². The van der Waals surface area contributed by atoms with E-state index in [4.69, 9.17) is 4.74 Å². The molecule has 1 atom stereocenters. The number of nitrogens with zero attached hydrogens (tertiary/aromatic N) is 1. The van der Waals surface area contributed by atoms with Gasteiger partial charge in [0, 0.05) is 12.1 Å². The number of hydrogen-bond acceptors (Lipinski definition) is 2. The summed E-state index contributed by atoms with van der Waals surface area (Å²) in [6.07, 6.45) is 3.02. The Morgan fingerprint density at radius 2 is 2.07 bits per heavy atom. The van der Waals surface area contributed by atoms with Crippen LogP contribution in [0.2, 0.25) is 0 Å². The number of ether oxygens (including phenoxy) is 1. The van der Waals surface area contributed by atoms with Crippen LogP contribution in [0.5, 0.6) is 0 Å². The third-order valence-electron chi connectivity index (χ3n) is 2.83. The molecule has 3 heteroatoms. The van der Waals surface area contributed by atoms with Crippen molar-refractivity contribution in [1.29, 1.82) is 0 Å². The summed E-state index contributed by atoms with van der Waals surface area (Å²) in [6, 6.07) is 0. The predicted molar refractivity (Wildman–Crippen MR) is 56.1 cm³/mol. The first kappa shape index (κ1) is 11.5. The smallest absolute Gasteiger partial charge is 0.210 e. The minimum absolute atomic E-state index is 0.127. The molecule has 1 rings (SSSR count). The Morgan fingerprint density at radius 1 is 1.43 bits per heavy atom. The van der Waals surface area contributed by atoms with Crippen molar-refractivity contribution < 1.29 is 9.53 Å². The van der Waals surface area contributed by atoms with Gasteiger partial charge in [0.2, 0.25) is 6.41 Å². The summed E-state index contributed by atoms with van der Waals surface area (Å²) in [4.78, 5) is 13.0. The van der Waals surface area contributed by atoms with Crippen LogP contribution in [0.15, 0.2) is 0 Å². The number of hydrogen-bond donors (Lipinski definition) is 0. The van der Waals surface area contributed by atoms with Crippen LogP contribution in [0.25, 0.3) is 0 Å². The molecule has 0 aromatic rings. The maximum Gasteiger partial charge on any atom is 0.210 e. The van der Waals surface area contributed by atoms with Gasteiger partial charge in [-0.25, -0.2) is 0 Å². The molecule has 0 aromatic carbocycles. The Hall–Kier alpha value is -0.570. The fourth-order valence-electron chi connectivity index (χ4n) is 2.20. The average molecular weight is 199 g/mol. The molecule has 0 spiro atoms. The van der Waals surface area contributed by atoms with Crippen LogP contribution in [0.1, 0.15) is 40.5 Å². The summed E-state index contributed by atoms with van der Waals surface area (Å²) >= 11 is 0. The van der Waals surface area contributed by atoms with Crippen molar-refractivity contribution in [2.24, 2.45) is 0 Å². The zero-order chi connectivity index (χ0) is 10.8. The molecule has 0 aliphatic carbocycles. The topological polar surface area (TPSA) is 29.5 Å². The third-order valence-corrected chi connectivity index (χ3v) is 2.83. The highest BCUT2D eigenvalue weighted by atomic mass is 16.5. The summed E-state index contributed by atoms with van der Waals surface area (Å²) in [5.41, 5.74) is -0.255. The lowest BCUT2D eigenvalue weighted by Gasteiger charge is -2.48. The summed E-state index contributed by atoms with van der Waals surface area (Å²) in [5.74, 6) is 0. The van der Waals surface area contributed by atoms with Gasteiger partial charge in [0.15, 0.2) is 0 Å². The van der Waals surface area contributed by atoms with Crippen molar-refractivity contribution in [2.45, 2.75) is 51.6 Å². The fraction of sp³-hybridized carbons (Fsp3) is 0.909. The van der Waals surface area contributed by atoms with E-state index in [9.17, 15) is 4.79 Å². The molecular formula is C11H21NO2. The Bertz CT molecular complexity index is 202. The van der Waals surface area contributed by atoms with Crippen molar-refractivity contribution in [2.75, 3.05) is 13.2 Å². The lowest BCUT2D eigenvalue weighted by Crippen LogP contribution is -2.58. The Kier molecular flexibility index (Phi) is 3.20. The first-order valence-electron chi connectivity index (χ1n) is 5.23. The van der Waals surface area contributed by atoms with Gasteiger partial charge >= 0.3 is 0 Å². The molecule has 1 heterocycles. The number of carbonyl (C=O) groups is 1. The Balaban J connectivity index is 2.81. The second-order valence-corrected chi connectivity index (χ2v) is 5.30. The van der Waals surface area contributed by atoms with E-state index in [1.54, 1.807) is 0 Å². The van der Waals surface area contributed by atoms with E-state index in [1.165, 1.54) is 0 Å². The van der Waals surface area contributed by atoms with Crippen LogP contribution in [0.4, 0.5) is 0 Å². The Morgan fingerprint density at radius 3 is 2.43 bits per heavy atom. The zero-order valence-electron chi connectivity index (χ0n) is 9.67. The molecule has 0 radical (unpaired) electrons. The van der Waals surface area contributed by atoms with Crippen LogP contribution in [0.3, 0.4) is 0 Å². The average Bonchev–Trinajstić information content (AvgIpc) is 2.03. The largest absolute Gasteiger partial charge is 0.379 e. The third kappa shape index (κ3) is 2.27. The molecule has 14 heavy (non-hydrogen) atoms. The number of rotatable bonds is 2. The van der Waals surface area contributed by atoms with Crippen molar-refractivity contribution in [1.82, 2.24) is 4.90 Å². The standard InChI is InChI=1S/C11H21NO2/c1-10(2,3)12(9-13)11(4)6-5-7-14-8-11/h9H,5-8H2,1-4H3. The second kappa shape index (κ2) is 3.89. The van der Waals surface area contributed by atoms with Gasteiger partial charge in [0.05, 0.1) is 12.1 Å². The van der Waals surface area contributed by atoms with E-state index in [1.807, 2.05) is 4.90 Å². The quantitative estimate of drug-likeness (QED) is 0.635. The van der Waals surface area contributed by atoms with E-state index in [2.05, 4.69) is 27.7 Å². The Labute approximate surface area is 86.4 Å². The molecule has 82 valence electrons. The molecule has 1 unspecified atom stereocenters. The predicted octanol–water partition coefficient (Wildman–Crippen LogP) is 1.81. The summed E-state index contributed by atoms with van der Waals surface area (Å²) < 4.78 is 5.46. The van der Waals surface area contributed by atoms with Gasteiger partial charge < -0.3 is 9.64 Å². The van der Waals surface area contributed by atoms with Crippen LogP contribution in [0, 0.1) is 0 Å². The maximum absolute atomic E-state index is 11.1. The molecular weight excluding hydrogens is 178 g/mol. The molecule has 0 N–H and O–H groups in total. The zero-order valence-corrected chi connectivity index (χ0v) is 9.67. The van der Waals surface area contributed by atoms with Gasteiger partial charge in [0.1, 0.15) is 0 Å². The fourth-order valence-corrected chi connectivity index (χ4v) is 2.20. The van der Waals surface area contributed by atoms with Gasteiger partial charge in [-0.2, -0.15) is 0 Å². The van der Waals surface area contributed by atoms with E-state index in [-0.39, 0.29) is 11.1 Å². The lowest BCUT2D eigenvalue weighted by atomic mass is 9.88. The molecule has 3 nitrogen and oxygen atoms in total. The summed E-state index contributed by atoms with van der Waals surface area (Å²) in [6.45, 7) is 9.75. The molecule has 1 aliphatic rings. The SMILES string of the molecule is CC(C)(C)N(C=O)C1(C)CCCOC1.